The fraction of sp³-hybridized carbons (Fsp3) is 0.385. The first-order chi connectivity index (χ1) is 6.59. The van der Waals surface area contributed by atoms with E-state index in [1.807, 2.05) is 0 Å². The zero-order valence-corrected chi connectivity index (χ0v) is 9.31. The predicted octanol–water partition coefficient (Wildman–Crippen LogP) is 3.91. The van der Waals surface area contributed by atoms with Crippen LogP contribution in [0.25, 0.3) is 10.9 Å². The molecule has 0 fully saturated rings. The molecule has 1 heterocycles. The van der Waals surface area contributed by atoms with E-state index in [2.05, 4.69) is 50.9 Å². The Morgan fingerprint density at radius 1 is 1.07 bits per heavy atom. The zero-order chi connectivity index (χ0) is 10.3. The third-order valence-electron chi connectivity index (χ3n) is 2.86. The van der Waals surface area contributed by atoms with E-state index in [4.69, 9.17) is 0 Å². The Morgan fingerprint density at radius 3 is 2.29 bits per heavy atom. The third kappa shape index (κ3) is 1.33. The molecule has 1 N–H and O–H groups in total. The summed E-state index contributed by atoms with van der Waals surface area (Å²) in [4.78, 5) is 3.50. The monoisotopic (exact) mass is 187 g/mol. The van der Waals surface area contributed by atoms with Crippen LogP contribution in [0, 0.1) is 13.8 Å². The number of rotatable bonds is 1. The maximum atomic E-state index is 3.50. The van der Waals surface area contributed by atoms with Crippen LogP contribution in [0.4, 0.5) is 0 Å². The van der Waals surface area contributed by atoms with Gasteiger partial charge in [-0.05, 0) is 37.0 Å². The number of benzene rings is 1. The van der Waals surface area contributed by atoms with Crippen molar-refractivity contribution < 1.29 is 0 Å². The topological polar surface area (TPSA) is 15.8 Å². The van der Waals surface area contributed by atoms with Gasteiger partial charge in [0.1, 0.15) is 0 Å². The van der Waals surface area contributed by atoms with Crippen LogP contribution in [-0.4, -0.2) is 4.98 Å². The molecule has 0 bridgehead atoms. The molecule has 0 saturated heterocycles. The number of fused-ring (bicyclic) bond motifs is 1. The highest BCUT2D eigenvalue weighted by Gasteiger charge is 2.07. The van der Waals surface area contributed by atoms with Crippen LogP contribution >= 0.6 is 0 Å². The normalized spacial score (nSPS) is 11.5. The lowest BCUT2D eigenvalue weighted by Crippen LogP contribution is -1.85. The van der Waals surface area contributed by atoms with Crippen molar-refractivity contribution in [3.63, 3.8) is 0 Å². The molecule has 0 aliphatic carbocycles. The van der Waals surface area contributed by atoms with E-state index in [-0.39, 0.29) is 0 Å². The molecule has 0 atom stereocenters. The molecule has 1 heteroatoms. The van der Waals surface area contributed by atoms with Crippen molar-refractivity contribution in [2.45, 2.75) is 33.6 Å². The van der Waals surface area contributed by atoms with E-state index >= 15 is 0 Å². The molecule has 1 nitrogen and oxygen atoms in total. The van der Waals surface area contributed by atoms with Gasteiger partial charge in [-0.25, -0.2) is 0 Å². The largest absolute Gasteiger partial charge is 0.358 e. The Balaban J connectivity index is 2.75. The summed E-state index contributed by atoms with van der Waals surface area (Å²) >= 11 is 0. The minimum Gasteiger partial charge on any atom is -0.358 e. The maximum Gasteiger partial charge on any atom is 0.0488 e. The number of H-pyrrole nitrogens is 1. The Bertz CT molecular complexity index is 424. The van der Waals surface area contributed by atoms with Gasteiger partial charge in [0, 0.05) is 16.6 Å². The zero-order valence-electron chi connectivity index (χ0n) is 9.31. The Hall–Kier alpha value is -1.24. The van der Waals surface area contributed by atoms with Crippen LogP contribution in [0.3, 0.4) is 0 Å². The summed E-state index contributed by atoms with van der Waals surface area (Å²) in [5.74, 6) is 0.571. The lowest BCUT2D eigenvalue weighted by atomic mass is 10.1. The van der Waals surface area contributed by atoms with Gasteiger partial charge in [0.05, 0.1) is 0 Å². The van der Waals surface area contributed by atoms with Crippen molar-refractivity contribution in [1.82, 2.24) is 4.98 Å². The van der Waals surface area contributed by atoms with Crippen LogP contribution in [0.1, 0.15) is 36.6 Å². The lowest BCUT2D eigenvalue weighted by molar-refractivity contribution is 0.836. The first-order valence-electron chi connectivity index (χ1n) is 5.18. The minimum absolute atomic E-state index is 0.571. The first-order valence-corrected chi connectivity index (χ1v) is 5.18. The molecule has 0 unspecified atom stereocenters. The summed E-state index contributed by atoms with van der Waals surface area (Å²) in [5.41, 5.74) is 5.32. The molecule has 1 aromatic heterocycles. The van der Waals surface area contributed by atoms with Crippen LogP contribution in [0.15, 0.2) is 18.2 Å². The molecule has 0 amide bonds. The lowest BCUT2D eigenvalue weighted by Gasteiger charge is -1.99. The van der Waals surface area contributed by atoms with Crippen molar-refractivity contribution >= 4 is 10.9 Å². The summed E-state index contributed by atoms with van der Waals surface area (Å²) in [5, 5.41) is 1.37. The molecule has 14 heavy (non-hydrogen) atoms. The fourth-order valence-electron chi connectivity index (χ4n) is 1.83. The predicted molar refractivity (Wildman–Crippen MR) is 61.9 cm³/mol. The molecule has 74 valence electrons. The van der Waals surface area contributed by atoms with E-state index in [0.717, 1.165) is 0 Å². The molecule has 0 spiro atoms. The highest BCUT2D eigenvalue weighted by atomic mass is 14.7. The number of aryl methyl sites for hydroxylation is 2. The quantitative estimate of drug-likeness (QED) is 0.696. The first kappa shape index (κ1) is 9.32. The summed E-state index contributed by atoms with van der Waals surface area (Å²) < 4.78 is 0. The summed E-state index contributed by atoms with van der Waals surface area (Å²) in [6, 6.07) is 6.65. The SMILES string of the molecule is Cc1ccc(C)c2[nH]c(C(C)C)cc12. The molecule has 0 aliphatic rings. The second-order valence-corrected chi connectivity index (χ2v) is 4.37. The number of nitrogens with one attached hydrogen (secondary N) is 1. The van der Waals surface area contributed by atoms with Gasteiger partial charge in [-0.15, -0.1) is 0 Å². The summed E-state index contributed by atoms with van der Waals surface area (Å²) in [6.45, 7) is 8.76. The van der Waals surface area contributed by atoms with Gasteiger partial charge in [-0.3, -0.25) is 0 Å². The van der Waals surface area contributed by atoms with Crippen molar-refractivity contribution in [3.05, 3.63) is 35.0 Å². The standard InChI is InChI=1S/C13H17N/c1-8(2)12-7-11-9(3)5-6-10(4)13(11)14-12/h5-8,14H,1-4H3. The van der Waals surface area contributed by atoms with Crippen molar-refractivity contribution in [1.29, 1.82) is 0 Å². The Kier molecular flexibility index (Phi) is 2.10. The van der Waals surface area contributed by atoms with Crippen molar-refractivity contribution in [2.75, 3.05) is 0 Å². The number of aromatic amines is 1. The maximum absolute atomic E-state index is 3.50. The van der Waals surface area contributed by atoms with Gasteiger partial charge >= 0.3 is 0 Å². The fourth-order valence-corrected chi connectivity index (χ4v) is 1.83. The van der Waals surface area contributed by atoms with Crippen LogP contribution in [-0.2, 0) is 0 Å². The molecule has 2 aromatic rings. The smallest absolute Gasteiger partial charge is 0.0488 e. The van der Waals surface area contributed by atoms with E-state index in [9.17, 15) is 0 Å². The highest BCUT2D eigenvalue weighted by molar-refractivity contribution is 5.86. The number of hydrogen-bond donors (Lipinski definition) is 1. The second-order valence-electron chi connectivity index (χ2n) is 4.37. The van der Waals surface area contributed by atoms with Crippen molar-refractivity contribution in [2.24, 2.45) is 0 Å². The molecular formula is C13H17N. The average Bonchev–Trinajstić information content (AvgIpc) is 2.57. The summed E-state index contributed by atoms with van der Waals surface area (Å²) in [6.07, 6.45) is 0. The van der Waals surface area contributed by atoms with E-state index in [0.29, 0.717) is 5.92 Å². The number of aromatic nitrogens is 1. The molecular weight excluding hydrogens is 170 g/mol. The minimum atomic E-state index is 0.571. The highest BCUT2D eigenvalue weighted by Crippen LogP contribution is 2.25. The van der Waals surface area contributed by atoms with E-state index in [1.54, 1.807) is 0 Å². The van der Waals surface area contributed by atoms with Crippen LogP contribution in [0.2, 0.25) is 0 Å². The van der Waals surface area contributed by atoms with Gasteiger partial charge in [0.2, 0.25) is 0 Å². The second kappa shape index (κ2) is 3.16. The number of hydrogen-bond acceptors (Lipinski definition) is 0. The molecule has 2 rings (SSSR count). The summed E-state index contributed by atoms with van der Waals surface area (Å²) in [7, 11) is 0. The van der Waals surface area contributed by atoms with Gasteiger partial charge in [0.25, 0.3) is 0 Å². The molecule has 0 radical (unpaired) electrons. The molecule has 0 aliphatic heterocycles. The molecule has 0 saturated carbocycles. The van der Waals surface area contributed by atoms with Crippen molar-refractivity contribution in [3.8, 4) is 0 Å². The Labute approximate surface area is 85.1 Å². The van der Waals surface area contributed by atoms with Crippen LogP contribution in [0.5, 0.6) is 0 Å². The van der Waals surface area contributed by atoms with E-state index < -0.39 is 0 Å². The van der Waals surface area contributed by atoms with Gasteiger partial charge in [0.15, 0.2) is 0 Å². The Morgan fingerprint density at radius 2 is 1.71 bits per heavy atom. The van der Waals surface area contributed by atoms with Crippen LogP contribution < -0.4 is 0 Å². The van der Waals surface area contributed by atoms with Gasteiger partial charge < -0.3 is 4.98 Å². The molecule has 1 aromatic carbocycles. The van der Waals surface area contributed by atoms with Gasteiger partial charge in [-0.1, -0.05) is 26.0 Å². The average molecular weight is 187 g/mol. The van der Waals surface area contributed by atoms with Gasteiger partial charge in [-0.2, -0.15) is 0 Å². The third-order valence-corrected chi connectivity index (χ3v) is 2.86. The van der Waals surface area contributed by atoms with E-state index in [1.165, 1.54) is 27.7 Å².